The molecule has 50 heavy (non-hydrogen) atoms. The predicted octanol–water partition coefficient (Wildman–Crippen LogP) is 5.45. The van der Waals surface area contributed by atoms with Crippen molar-refractivity contribution < 1.29 is 14.3 Å². The summed E-state index contributed by atoms with van der Waals surface area (Å²) in [6.45, 7) is 9.13. The molecule has 2 aromatic carbocycles. The third-order valence-corrected chi connectivity index (χ3v) is 9.27. The van der Waals surface area contributed by atoms with Gasteiger partial charge in [-0.05, 0) is 98.1 Å². The number of amides is 2. The fourth-order valence-corrected chi connectivity index (χ4v) is 6.68. The van der Waals surface area contributed by atoms with Crippen molar-refractivity contribution in [3.8, 4) is 34.8 Å². The minimum atomic E-state index is -1.12. The highest BCUT2D eigenvalue weighted by atomic mass is 16.5. The molecule has 2 saturated heterocycles. The summed E-state index contributed by atoms with van der Waals surface area (Å²) in [6.07, 6.45) is 6.64. The van der Waals surface area contributed by atoms with Gasteiger partial charge in [0.15, 0.2) is 0 Å². The maximum Gasteiger partial charge on any atom is 0.407 e. The third kappa shape index (κ3) is 8.45. The number of likely N-dealkylation sites (tertiary alicyclic amines) is 1. The van der Waals surface area contributed by atoms with E-state index in [-0.39, 0.29) is 17.9 Å². The maximum absolute atomic E-state index is 13.8. The number of H-pyrrole nitrogens is 1. The average molecular weight is 674 g/mol. The number of benzene rings is 2. The molecule has 2 amide bonds. The summed E-state index contributed by atoms with van der Waals surface area (Å²) in [5, 5.41) is 6.14. The first-order valence-electron chi connectivity index (χ1n) is 17.3. The van der Waals surface area contributed by atoms with Crippen molar-refractivity contribution in [2.45, 2.75) is 77.0 Å². The third-order valence-electron chi connectivity index (χ3n) is 9.27. The molecule has 0 spiro atoms. The summed E-state index contributed by atoms with van der Waals surface area (Å²) >= 11 is 0. The Hall–Kier alpha value is -5.32. The van der Waals surface area contributed by atoms with Crippen molar-refractivity contribution in [2.75, 3.05) is 20.2 Å². The molecule has 10 nitrogen and oxygen atoms in total. The summed E-state index contributed by atoms with van der Waals surface area (Å²) in [6, 6.07) is 17.4. The van der Waals surface area contributed by atoms with Crippen LogP contribution in [0, 0.1) is 29.6 Å². The fourth-order valence-electron chi connectivity index (χ4n) is 6.68. The van der Waals surface area contributed by atoms with Crippen molar-refractivity contribution in [3.63, 3.8) is 0 Å². The summed E-state index contributed by atoms with van der Waals surface area (Å²) in [5.74, 6) is 13.3. The lowest BCUT2D eigenvalue weighted by Crippen LogP contribution is -2.55. The second-order valence-electron chi connectivity index (χ2n) is 13.1. The van der Waals surface area contributed by atoms with E-state index in [1.165, 1.54) is 7.11 Å². The first-order valence-corrected chi connectivity index (χ1v) is 17.3. The van der Waals surface area contributed by atoms with Crippen LogP contribution in [-0.2, 0) is 9.53 Å². The summed E-state index contributed by atoms with van der Waals surface area (Å²) in [5.41, 5.74) is 10.4. The van der Waals surface area contributed by atoms with E-state index in [2.05, 4.69) is 68.5 Å². The van der Waals surface area contributed by atoms with E-state index in [4.69, 9.17) is 15.5 Å². The first kappa shape index (κ1) is 36.0. The van der Waals surface area contributed by atoms with Crippen LogP contribution in [0.5, 0.6) is 0 Å². The van der Waals surface area contributed by atoms with Crippen LogP contribution >= 0.6 is 0 Å². The Morgan fingerprint density at radius 1 is 1.12 bits per heavy atom. The van der Waals surface area contributed by atoms with Crippen LogP contribution < -0.4 is 16.4 Å². The molecule has 3 aromatic rings. The standard InChI is InChI=1S/C40H47N7O3/c1-6-32(30-18-12-17-29(25-30)28-15-8-7-9-16-28)40(4,22-11-10-19-31-26-43-37(44-31)33-20-13-23-42-33)46-36(41)34-21-14-24-47(34)38(48)35(27(2)3)45-39(49)50-5/h6-9,12,15-18,25-27,33-35,42H,13-14,20-21,23-24H2,1-5H3,(H2,41,46)(H,43,44)(H,45,49)/t33-,34-,35-,40?/m0/s1. The smallest absolute Gasteiger partial charge is 0.407 e. The normalized spacial score (nSPS) is 19.5. The Bertz CT molecular complexity index is 1850. The second-order valence-corrected chi connectivity index (χ2v) is 13.1. The summed E-state index contributed by atoms with van der Waals surface area (Å²) in [7, 11) is 1.28. The number of aliphatic imine (C=N–C) groups is 1. The molecule has 4 atom stereocenters. The zero-order valence-corrected chi connectivity index (χ0v) is 29.5. The van der Waals surface area contributed by atoms with Gasteiger partial charge in [0.1, 0.15) is 28.9 Å². The van der Waals surface area contributed by atoms with Gasteiger partial charge in [0.2, 0.25) is 5.91 Å². The zero-order valence-electron chi connectivity index (χ0n) is 29.5. The molecule has 0 radical (unpaired) electrons. The zero-order chi connectivity index (χ0) is 35.7. The van der Waals surface area contributed by atoms with Crippen molar-refractivity contribution in [3.05, 3.63) is 84.0 Å². The van der Waals surface area contributed by atoms with E-state index < -0.39 is 23.7 Å². The van der Waals surface area contributed by atoms with Gasteiger partial charge in [0.25, 0.3) is 0 Å². The van der Waals surface area contributed by atoms with Crippen LogP contribution in [0.15, 0.2) is 71.9 Å². The summed E-state index contributed by atoms with van der Waals surface area (Å²) in [4.78, 5) is 40.5. The number of nitrogens with two attached hydrogens (primary N) is 1. The monoisotopic (exact) mass is 673 g/mol. The van der Waals surface area contributed by atoms with E-state index in [1.54, 1.807) is 11.1 Å². The van der Waals surface area contributed by atoms with Gasteiger partial charge in [-0.1, -0.05) is 74.4 Å². The highest BCUT2D eigenvalue weighted by molar-refractivity contribution is 5.95. The molecule has 2 fully saturated rings. The minimum absolute atomic E-state index is 0.164. The van der Waals surface area contributed by atoms with Crippen LogP contribution in [0.2, 0.25) is 0 Å². The van der Waals surface area contributed by atoms with Crippen molar-refractivity contribution in [1.29, 1.82) is 0 Å². The van der Waals surface area contributed by atoms with Gasteiger partial charge in [0.05, 0.1) is 25.4 Å². The van der Waals surface area contributed by atoms with Gasteiger partial charge in [0, 0.05) is 6.54 Å². The lowest BCUT2D eigenvalue weighted by molar-refractivity contribution is -0.134. The molecule has 0 saturated carbocycles. The number of methoxy groups -OCH3 is 1. The number of alkyl carbamates (subject to hydrolysis) is 1. The van der Waals surface area contributed by atoms with Gasteiger partial charge < -0.3 is 31.0 Å². The number of carbonyl (C=O) groups is 2. The maximum atomic E-state index is 13.8. The fraction of sp³-hybridized carbons (Fsp3) is 0.400. The Balaban J connectivity index is 1.50. The largest absolute Gasteiger partial charge is 0.453 e. The number of nitrogens with one attached hydrogen (secondary N) is 3. The van der Waals surface area contributed by atoms with E-state index in [9.17, 15) is 9.59 Å². The molecule has 1 unspecified atom stereocenters. The molecule has 2 aliphatic rings. The number of ether oxygens (including phenoxy) is 1. The molecule has 2 aliphatic heterocycles. The highest BCUT2D eigenvalue weighted by Gasteiger charge is 2.38. The van der Waals surface area contributed by atoms with Gasteiger partial charge in [-0.15, -0.1) is 0 Å². The molecule has 260 valence electrons. The number of allylic oxidation sites excluding steroid dienone is 1. The van der Waals surface area contributed by atoms with Crippen LogP contribution in [-0.4, -0.2) is 70.5 Å². The molecule has 0 bridgehead atoms. The quantitative estimate of drug-likeness (QED) is 0.136. The van der Waals surface area contributed by atoms with Crippen LogP contribution in [0.4, 0.5) is 4.79 Å². The lowest BCUT2D eigenvalue weighted by atomic mass is 9.85. The lowest BCUT2D eigenvalue weighted by Gasteiger charge is -2.32. The number of aromatic amines is 1. The Labute approximate surface area is 295 Å². The highest BCUT2D eigenvalue weighted by Crippen LogP contribution is 2.34. The minimum Gasteiger partial charge on any atom is -0.453 e. The van der Waals surface area contributed by atoms with Gasteiger partial charge in [-0.3, -0.25) is 4.79 Å². The first-order chi connectivity index (χ1) is 24.1. The number of amidine groups is 1. The van der Waals surface area contributed by atoms with Crippen molar-refractivity contribution >= 4 is 23.4 Å². The van der Waals surface area contributed by atoms with Crippen molar-refractivity contribution in [1.82, 2.24) is 25.5 Å². The molecule has 5 N–H and O–H groups in total. The van der Waals surface area contributed by atoms with E-state index >= 15 is 0 Å². The topological polar surface area (TPSA) is 138 Å². The van der Waals surface area contributed by atoms with Crippen LogP contribution in [0.3, 0.4) is 0 Å². The molecule has 5 rings (SSSR count). The number of hydrogen-bond acceptors (Lipinski definition) is 6. The van der Waals surface area contributed by atoms with E-state index in [0.29, 0.717) is 24.5 Å². The Morgan fingerprint density at radius 3 is 2.60 bits per heavy atom. The number of rotatable bonds is 9. The van der Waals surface area contributed by atoms with Crippen molar-refractivity contribution in [2.24, 2.45) is 16.6 Å². The van der Waals surface area contributed by atoms with E-state index in [0.717, 1.165) is 53.9 Å². The number of hydrogen-bond donors (Lipinski definition) is 4. The molecule has 10 heteroatoms. The second kappa shape index (κ2) is 16.4. The van der Waals surface area contributed by atoms with Gasteiger partial charge in [-0.25, -0.2) is 14.8 Å². The molecule has 1 aromatic heterocycles. The molecular weight excluding hydrogens is 626 g/mol. The molecule has 3 heterocycles. The number of aromatic nitrogens is 2. The molecule has 0 aliphatic carbocycles. The SMILES string of the molecule is CC=C(c1cccc(-c2ccccc2)c1)C(C)(C#CC#Cc1cnc([C@@H]2CCCN2)[nH]1)N=C(N)[C@@H]1CCCN1C(=O)[C@@H](NC(=O)OC)C(C)C. The van der Waals surface area contributed by atoms with Gasteiger partial charge in [-0.2, -0.15) is 0 Å². The van der Waals surface area contributed by atoms with Crippen LogP contribution in [0.1, 0.15) is 76.5 Å². The number of carbonyl (C=O) groups excluding carboxylic acids is 2. The number of imidazole rings is 1. The Kier molecular flexibility index (Phi) is 11.8. The molecular formula is C40H47N7O3. The summed E-state index contributed by atoms with van der Waals surface area (Å²) < 4.78 is 4.79. The van der Waals surface area contributed by atoms with Gasteiger partial charge >= 0.3 is 6.09 Å². The number of nitrogens with zero attached hydrogens (tertiary/aromatic N) is 3. The average Bonchev–Trinajstić information content (AvgIpc) is 3.92. The van der Waals surface area contributed by atoms with E-state index in [1.807, 2.05) is 64.1 Å². The predicted molar refractivity (Wildman–Crippen MR) is 198 cm³/mol. The Morgan fingerprint density at radius 2 is 1.90 bits per heavy atom. The van der Waals surface area contributed by atoms with Crippen LogP contribution in [0.25, 0.3) is 16.7 Å².